The molecule has 0 spiro atoms. The van der Waals surface area contributed by atoms with Gasteiger partial charge < -0.3 is 4.74 Å². The van der Waals surface area contributed by atoms with Gasteiger partial charge in [0.25, 0.3) is 0 Å². The molecule has 0 N–H and O–H groups in total. The van der Waals surface area contributed by atoms with Crippen molar-refractivity contribution in [2.45, 2.75) is 44.5 Å². The zero-order valence-corrected chi connectivity index (χ0v) is 11.3. The highest BCUT2D eigenvalue weighted by molar-refractivity contribution is 14.1. The van der Waals surface area contributed by atoms with E-state index in [-0.39, 0.29) is 14.8 Å². The van der Waals surface area contributed by atoms with E-state index in [1.807, 2.05) is 20.8 Å². The minimum Gasteiger partial charge on any atom is -0.465 e. The van der Waals surface area contributed by atoms with E-state index in [4.69, 9.17) is 4.74 Å². The number of esters is 1. The largest absolute Gasteiger partial charge is 0.465 e. The Labute approximate surface area is 94.6 Å². The third-order valence-electron chi connectivity index (χ3n) is 1.54. The second kappa shape index (κ2) is 4.62. The molecule has 0 amide bonds. The highest BCUT2D eigenvalue weighted by Gasteiger charge is 2.23. The van der Waals surface area contributed by atoms with Crippen LogP contribution in [0, 0.1) is 5.41 Å². The monoisotopic (exact) mass is 298 g/mol. The SMILES string of the molecule is CC(C)(I)CCOC(=O)C(C)(C)C. The molecule has 0 atom stereocenters. The zero-order chi connectivity index (χ0) is 10.7. The van der Waals surface area contributed by atoms with Crippen molar-refractivity contribution >= 4 is 28.6 Å². The average molecular weight is 298 g/mol. The Morgan fingerprint density at radius 2 is 1.69 bits per heavy atom. The molecule has 78 valence electrons. The molecule has 2 nitrogen and oxygen atoms in total. The van der Waals surface area contributed by atoms with Gasteiger partial charge in [0.2, 0.25) is 0 Å². The summed E-state index contributed by atoms with van der Waals surface area (Å²) in [5, 5.41) is 0. The number of carbonyl (C=O) groups is 1. The van der Waals surface area contributed by atoms with Gasteiger partial charge >= 0.3 is 5.97 Å². The summed E-state index contributed by atoms with van der Waals surface area (Å²) in [6, 6.07) is 0. The number of hydrogen-bond donors (Lipinski definition) is 0. The first-order valence-corrected chi connectivity index (χ1v) is 5.57. The lowest BCUT2D eigenvalue weighted by atomic mass is 9.97. The zero-order valence-electron chi connectivity index (χ0n) is 9.11. The molecule has 0 saturated carbocycles. The topological polar surface area (TPSA) is 26.3 Å². The number of alkyl halides is 1. The van der Waals surface area contributed by atoms with E-state index >= 15 is 0 Å². The van der Waals surface area contributed by atoms with Gasteiger partial charge in [0.15, 0.2) is 0 Å². The first-order chi connectivity index (χ1) is 5.63. The Kier molecular flexibility index (Phi) is 4.69. The Morgan fingerprint density at radius 3 is 2.00 bits per heavy atom. The molecule has 0 saturated heterocycles. The van der Waals surface area contributed by atoms with E-state index < -0.39 is 0 Å². The van der Waals surface area contributed by atoms with Gasteiger partial charge in [-0.05, 0) is 27.2 Å². The normalized spacial score (nSPS) is 12.8. The molecule has 0 aliphatic carbocycles. The van der Waals surface area contributed by atoms with Crippen LogP contribution in [0.2, 0.25) is 0 Å². The highest BCUT2D eigenvalue weighted by atomic mass is 127. The van der Waals surface area contributed by atoms with Gasteiger partial charge in [-0.2, -0.15) is 0 Å². The summed E-state index contributed by atoms with van der Waals surface area (Å²) in [5.41, 5.74) is -0.380. The summed E-state index contributed by atoms with van der Waals surface area (Å²) >= 11 is 2.35. The first-order valence-electron chi connectivity index (χ1n) is 4.49. The molecule has 0 bridgehead atoms. The van der Waals surface area contributed by atoms with E-state index in [9.17, 15) is 4.79 Å². The van der Waals surface area contributed by atoms with E-state index in [1.54, 1.807) is 0 Å². The fourth-order valence-electron chi connectivity index (χ4n) is 0.603. The molecular weight excluding hydrogens is 279 g/mol. The summed E-state index contributed by atoms with van der Waals surface area (Å²) in [6.45, 7) is 10.4. The van der Waals surface area contributed by atoms with Crippen LogP contribution in [0.3, 0.4) is 0 Å². The Morgan fingerprint density at radius 1 is 1.23 bits per heavy atom. The quantitative estimate of drug-likeness (QED) is 0.454. The van der Waals surface area contributed by atoms with Crippen LogP contribution in [0.15, 0.2) is 0 Å². The van der Waals surface area contributed by atoms with Crippen LogP contribution in [0.5, 0.6) is 0 Å². The third-order valence-corrected chi connectivity index (χ3v) is 2.08. The number of halogens is 1. The van der Waals surface area contributed by atoms with Crippen LogP contribution < -0.4 is 0 Å². The number of carbonyl (C=O) groups excluding carboxylic acids is 1. The summed E-state index contributed by atoms with van der Waals surface area (Å²) in [6.07, 6.45) is 0.898. The summed E-state index contributed by atoms with van der Waals surface area (Å²) in [4.78, 5) is 11.3. The lowest BCUT2D eigenvalue weighted by Gasteiger charge is -2.19. The van der Waals surface area contributed by atoms with Crippen molar-refractivity contribution in [2.24, 2.45) is 5.41 Å². The summed E-state index contributed by atoms with van der Waals surface area (Å²) in [5.74, 6) is -0.117. The molecule has 0 unspecified atom stereocenters. The second-order valence-corrected chi connectivity index (χ2v) is 7.77. The molecule has 0 heterocycles. The average Bonchev–Trinajstić information content (AvgIpc) is 1.82. The molecule has 3 heteroatoms. The van der Waals surface area contributed by atoms with Crippen molar-refractivity contribution in [3.8, 4) is 0 Å². The molecule has 0 aromatic heterocycles. The van der Waals surface area contributed by atoms with Crippen molar-refractivity contribution in [1.29, 1.82) is 0 Å². The van der Waals surface area contributed by atoms with Crippen LogP contribution in [0.4, 0.5) is 0 Å². The van der Waals surface area contributed by atoms with Gasteiger partial charge in [0.05, 0.1) is 12.0 Å². The lowest BCUT2D eigenvalue weighted by molar-refractivity contribution is -0.153. The van der Waals surface area contributed by atoms with E-state index in [0.717, 1.165) is 6.42 Å². The van der Waals surface area contributed by atoms with E-state index in [1.165, 1.54) is 0 Å². The van der Waals surface area contributed by atoms with Gasteiger partial charge in [0, 0.05) is 3.42 Å². The van der Waals surface area contributed by atoms with E-state index in [0.29, 0.717) is 6.61 Å². The molecular formula is C10H19IO2. The van der Waals surface area contributed by atoms with Gasteiger partial charge in [-0.25, -0.2) is 0 Å². The number of hydrogen-bond acceptors (Lipinski definition) is 2. The van der Waals surface area contributed by atoms with Crippen molar-refractivity contribution in [3.05, 3.63) is 0 Å². The Bertz CT molecular complexity index is 174. The van der Waals surface area contributed by atoms with Crippen LogP contribution in [0.1, 0.15) is 41.0 Å². The molecule has 13 heavy (non-hydrogen) atoms. The Balaban J connectivity index is 3.74. The predicted octanol–water partition coefficient (Wildman–Crippen LogP) is 3.18. The van der Waals surface area contributed by atoms with Crippen LogP contribution in [-0.4, -0.2) is 16.0 Å². The third kappa shape index (κ3) is 7.28. The van der Waals surface area contributed by atoms with E-state index in [2.05, 4.69) is 36.4 Å². The van der Waals surface area contributed by atoms with Crippen LogP contribution >= 0.6 is 22.6 Å². The van der Waals surface area contributed by atoms with Crippen LogP contribution in [-0.2, 0) is 9.53 Å². The molecule has 0 aliphatic rings. The van der Waals surface area contributed by atoms with Gasteiger partial charge in [0.1, 0.15) is 0 Å². The maximum absolute atomic E-state index is 11.3. The molecule has 0 radical (unpaired) electrons. The standard InChI is InChI=1S/C10H19IO2/c1-9(2,3)8(12)13-7-6-10(4,5)11/h6-7H2,1-5H3. The summed E-state index contributed by atoms with van der Waals surface area (Å²) in [7, 11) is 0. The first kappa shape index (κ1) is 13.2. The highest BCUT2D eigenvalue weighted by Crippen LogP contribution is 2.22. The molecule has 0 aromatic carbocycles. The smallest absolute Gasteiger partial charge is 0.311 e. The van der Waals surface area contributed by atoms with Crippen molar-refractivity contribution < 1.29 is 9.53 Å². The molecule has 0 fully saturated rings. The van der Waals surface area contributed by atoms with Crippen molar-refractivity contribution in [1.82, 2.24) is 0 Å². The van der Waals surface area contributed by atoms with Gasteiger partial charge in [-0.1, -0.05) is 36.4 Å². The van der Waals surface area contributed by atoms with Crippen molar-refractivity contribution in [2.75, 3.05) is 6.61 Å². The van der Waals surface area contributed by atoms with Crippen LogP contribution in [0.25, 0.3) is 0 Å². The minimum absolute atomic E-state index is 0.117. The molecule has 0 aromatic rings. The maximum Gasteiger partial charge on any atom is 0.311 e. The molecule has 0 rings (SSSR count). The fourth-order valence-corrected chi connectivity index (χ4v) is 0.823. The maximum atomic E-state index is 11.3. The van der Waals surface area contributed by atoms with Gasteiger partial charge in [-0.3, -0.25) is 4.79 Å². The van der Waals surface area contributed by atoms with Gasteiger partial charge in [-0.15, -0.1) is 0 Å². The molecule has 0 aliphatic heterocycles. The lowest BCUT2D eigenvalue weighted by Crippen LogP contribution is -2.25. The number of rotatable bonds is 3. The predicted molar refractivity (Wildman–Crippen MR) is 63.1 cm³/mol. The number of ether oxygens (including phenoxy) is 1. The fraction of sp³-hybridized carbons (Fsp3) is 0.900. The Hall–Kier alpha value is 0.200. The minimum atomic E-state index is -0.380. The van der Waals surface area contributed by atoms with Crippen molar-refractivity contribution in [3.63, 3.8) is 0 Å². The summed E-state index contributed by atoms with van der Waals surface area (Å²) < 4.78 is 5.34. The second-order valence-electron chi connectivity index (χ2n) is 4.85.